The second-order valence-electron chi connectivity index (χ2n) is 19.5. The molecule has 50 heavy (non-hydrogen) atoms. The van der Waals surface area contributed by atoms with Gasteiger partial charge < -0.3 is 10.4 Å². The van der Waals surface area contributed by atoms with E-state index in [2.05, 4.69) is 64.4 Å². The number of nitrogens with one attached hydrogen (secondary N) is 1. The van der Waals surface area contributed by atoms with Gasteiger partial charge in [-0.05, 0) is 146 Å². The zero-order valence-corrected chi connectivity index (χ0v) is 32.4. The lowest BCUT2D eigenvalue weighted by molar-refractivity contribution is -0.219. The van der Waals surface area contributed by atoms with Crippen LogP contribution in [0.5, 0.6) is 0 Å². The summed E-state index contributed by atoms with van der Waals surface area (Å²) >= 11 is 0. The predicted molar refractivity (Wildman–Crippen MR) is 202 cm³/mol. The van der Waals surface area contributed by atoms with Crippen molar-refractivity contribution < 1.29 is 18.3 Å². The standard InChI is InChI=1S/C43H62N2O4S/c1-27(2)32-14-19-43(44-22-23-45-25-31-24-30(45)26-50(31,48)49)21-20-41(6)34(37(32)43)12-13-36-40(5)17-15-33(28-8-10-29(11-9-28)38(46)47)39(3,4)35(40)16-18-42(36,41)7/h8-11,15,30-32,34-37,44H,1,12-14,16-26H2,2-7H3,(H,46,47)/t30?,31-,32?,34+,35?,36?,37?,40-,41+,42+,43-/m0/s1. The lowest BCUT2D eigenvalue weighted by atomic mass is 9.33. The Labute approximate surface area is 301 Å². The normalized spacial score (nSPS) is 45.6. The highest BCUT2D eigenvalue weighted by atomic mass is 32.2. The zero-order chi connectivity index (χ0) is 35.6. The maximum absolute atomic E-state index is 12.4. The van der Waals surface area contributed by atoms with Crippen molar-refractivity contribution in [2.24, 2.45) is 51.2 Å². The molecule has 1 aromatic rings. The summed E-state index contributed by atoms with van der Waals surface area (Å²) in [4.78, 5) is 14.0. The summed E-state index contributed by atoms with van der Waals surface area (Å²) in [6, 6.07) is 7.82. The molecule has 7 heteroatoms. The van der Waals surface area contributed by atoms with Crippen LogP contribution in [-0.2, 0) is 9.84 Å². The van der Waals surface area contributed by atoms with Crippen LogP contribution in [0.1, 0.15) is 122 Å². The number of aromatic carboxylic acids is 1. The molecule has 0 radical (unpaired) electrons. The number of fused-ring (bicyclic) bond motifs is 9. The van der Waals surface area contributed by atoms with E-state index < -0.39 is 15.8 Å². The summed E-state index contributed by atoms with van der Waals surface area (Å²) in [7, 11) is -2.86. The van der Waals surface area contributed by atoms with Crippen LogP contribution in [0.4, 0.5) is 0 Å². The highest BCUT2D eigenvalue weighted by molar-refractivity contribution is 7.92. The number of rotatable bonds is 7. The molecule has 2 aliphatic heterocycles. The Kier molecular flexibility index (Phi) is 8.08. The number of carbonyl (C=O) groups is 1. The molecule has 6 nitrogen and oxygen atoms in total. The highest BCUT2D eigenvalue weighted by Gasteiger charge is 2.70. The molecule has 2 bridgehead atoms. The Morgan fingerprint density at radius 3 is 2.34 bits per heavy atom. The van der Waals surface area contributed by atoms with Gasteiger partial charge in [0.15, 0.2) is 9.84 Å². The van der Waals surface area contributed by atoms with Crippen LogP contribution in [0.3, 0.4) is 0 Å². The van der Waals surface area contributed by atoms with Gasteiger partial charge in [-0.3, -0.25) is 4.90 Å². The fourth-order valence-electron chi connectivity index (χ4n) is 14.8. The van der Waals surface area contributed by atoms with Crippen LogP contribution in [0.2, 0.25) is 0 Å². The second kappa shape index (κ2) is 11.5. The molecule has 0 spiro atoms. The zero-order valence-electron chi connectivity index (χ0n) is 31.6. The molecule has 8 rings (SSSR count). The van der Waals surface area contributed by atoms with Crippen LogP contribution in [0.25, 0.3) is 5.57 Å². The minimum Gasteiger partial charge on any atom is -0.478 e. The van der Waals surface area contributed by atoms with Crippen LogP contribution in [-0.4, -0.2) is 66.6 Å². The number of hydrogen-bond donors (Lipinski definition) is 2. The first-order valence-corrected chi connectivity index (χ1v) is 21.6. The first kappa shape index (κ1) is 35.1. The topological polar surface area (TPSA) is 86.7 Å². The van der Waals surface area contributed by atoms with E-state index in [-0.39, 0.29) is 38.5 Å². The molecule has 5 unspecified atom stereocenters. The average Bonchev–Trinajstić information content (AvgIpc) is 3.72. The summed E-state index contributed by atoms with van der Waals surface area (Å²) in [6.07, 6.45) is 14.6. The number of carboxylic acid groups (broad SMARTS) is 1. The number of nitrogens with zero attached hydrogens (tertiary/aromatic N) is 1. The molecular formula is C43H62N2O4S. The smallest absolute Gasteiger partial charge is 0.335 e. The molecule has 11 atom stereocenters. The van der Waals surface area contributed by atoms with Crippen LogP contribution in [0.15, 0.2) is 42.5 Å². The molecule has 2 saturated heterocycles. The van der Waals surface area contributed by atoms with Crippen LogP contribution in [0, 0.1) is 51.2 Å². The van der Waals surface area contributed by atoms with Gasteiger partial charge in [0.05, 0.1) is 16.6 Å². The predicted octanol–water partition coefficient (Wildman–Crippen LogP) is 8.25. The maximum Gasteiger partial charge on any atom is 0.335 e. The molecule has 0 aromatic heterocycles. The van der Waals surface area contributed by atoms with E-state index in [1.807, 2.05) is 12.1 Å². The summed E-state index contributed by atoms with van der Waals surface area (Å²) in [5, 5.41) is 13.6. The van der Waals surface area contributed by atoms with E-state index in [0.717, 1.165) is 32.5 Å². The Hall–Kier alpha value is -1.96. The van der Waals surface area contributed by atoms with E-state index in [9.17, 15) is 18.3 Å². The van der Waals surface area contributed by atoms with Gasteiger partial charge in [-0.25, -0.2) is 13.2 Å². The second-order valence-corrected chi connectivity index (χ2v) is 21.9. The monoisotopic (exact) mass is 702 g/mol. The summed E-state index contributed by atoms with van der Waals surface area (Å²) < 4.78 is 24.8. The number of carboxylic acids is 1. The summed E-state index contributed by atoms with van der Waals surface area (Å²) in [5.74, 6) is 2.61. The van der Waals surface area contributed by atoms with Gasteiger partial charge in [0, 0.05) is 31.2 Å². The molecule has 6 fully saturated rings. The van der Waals surface area contributed by atoms with Gasteiger partial charge in [-0.2, -0.15) is 0 Å². The number of hydrogen-bond acceptors (Lipinski definition) is 5. The molecule has 5 aliphatic carbocycles. The first-order valence-electron chi connectivity index (χ1n) is 19.9. The minimum absolute atomic E-state index is 0.0119. The van der Waals surface area contributed by atoms with Crippen LogP contribution >= 0.6 is 0 Å². The van der Waals surface area contributed by atoms with Gasteiger partial charge in [0.1, 0.15) is 0 Å². The van der Waals surface area contributed by atoms with Gasteiger partial charge in [0.25, 0.3) is 0 Å². The van der Waals surface area contributed by atoms with Crippen molar-refractivity contribution in [1.82, 2.24) is 10.2 Å². The van der Waals surface area contributed by atoms with E-state index >= 15 is 0 Å². The van der Waals surface area contributed by atoms with Crippen molar-refractivity contribution in [2.75, 3.05) is 25.4 Å². The largest absolute Gasteiger partial charge is 0.478 e. The Bertz CT molecular complexity index is 1720. The van der Waals surface area contributed by atoms with Crippen molar-refractivity contribution in [3.63, 3.8) is 0 Å². The van der Waals surface area contributed by atoms with Crippen LogP contribution < -0.4 is 5.32 Å². The van der Waals surface area contributed by atoms with Crippen molar-refractivity contribution in [3.05, 3.63) is 53.6 Å². The van der Waals surface area contributed by atoms with Crippen molar-refractivity contribution in [1.29, 1.82) is 0 Å². The third-order valence-electron chi connectivity index (χ3n) is 17.4. The van der Waals surface area contributed by atoms with E-state index in [4.69, 9.17) is 0 Å². The first-order chi connectivity index (χ1) is 23.5. The molecule has 2 N–H and O–H groups in total. The fraction of sp³-hybridized carbons (Fsp3) is 0.744. The fourth-order valence-corrected chi connectivity index (χ4v) is 16.9. The number of allylic oxidation sites excluding steroid dienone is 3. The van der Waals surface area contributed by atoms with Gasteiger partial charge in [-0.1, -0.05) is 65.0 Å². The lowest BCUT2D eigenvalue weighted by Gasteiger charge is -2.72. The highest BCUT2D eigenvalue weighted by Crippen LogP contribution is 2.76. The number of likely N-dealkylation sites (tertiary alicyclic amines) is 1. The molecule has 2 heterocycles. The molecule has 4 saturated carbocycles. The Morgan fingerprint density at radius 2 is 1.70 bits per heavy atom. The Morgan fingerprint density at radius 1 is 0.960 bits per heavy atom. The maximum atomic E-state index is 12.4. The summed E-state index contributed by atoms with van der Waals surface area (Å²) in [5.41, 5.74) is 5.25. The SMILES string of the molecule is C=C(C)C1CC[C@]2(NCCN3C[C@@H]4CC3CS4(=O)=O)CC[C@]3(C)[C@H](CCC4[C@@]5(C)CC=C(c6ccc(C(=O)O)cc6)C(C)(C)C5CC[C@]43C)C12. The number of benzene rings is 1. The van der Waals surface area contributed by atoms with E-state index in [1.165, 1.54) is 68.1 Å². The number of sulfone groups is 1. The molecular weight excluding hydrogens is 641 g/mol. The average molecular weight is 703 g/mol. The quantitative estimate of drug-likeness (QED) is 0.279. The van der Waals surface area contributed by atoms with E-state index in [0.29, 0.717) is 40.9 Å². The lowest BCUT2D eigenvalue weighted by Crippen LogP contribution is -2.68. The van der Waals surface area contributed by atoms with Crippen molar-refractivity contribution in [3.8, 4) is 0 Å². The van der Waals surface area contributed by atoms with Gasteiger partial charge in [0.2, 0.25) is 0 Å². The molecule has 1 aromatic carbocycles. The molecule has 0 amide bonds. The van der Waals surface area contributed by atoms with Crippen molar-refractivity contribution >= 4 is 21.4 Å². The third kappa shape index (κ3) is 4.83. The third-order valence-corrected chi connectivity index (χ3v) is 19.6. The summed E-state index contributed by atoms with van der Waals surface area (Å²) in [6.45, 7) is 22.5. The Balaban J connectivity index is 1.05. The molecule has 7 aliphatic rings. The van der Waals surface area contributed by atoms with Crippen molar-refractivity contribution in [2.45, 2.75) is 123 Å². The minimum atomic E-state index is -2.86. The van der Waals surface area contributed by atoms with E-state index in [1.54, 1.807) is 12.1 Å². The molecule has 274 valence electrons. The van der Waals surface area contributed by atoms with Gasteiger partial charge in [-0.15, -0.1) is 0 Å². The van der Waals surface area contributed by atoms with Gasteiger partial charge >= 0.3 is 5.97 Å².